The molecule has 1 rings (SSSR count). The summed E-state index contributed by atoms with van der Waals surface area (Å²) in [6.45, 7) is 2.85. The lowest BCUT2D eigenvalue weighted by Crippen LogP contribution is -2.04. The van der Waals surface area contributed by atoms with E-state index >= 15 is 0 Å². The molecular weight excluding hydrogens is 237 g/mol. The van der Waals surface area contributed by atoms with E-state index in [0.29, 0.717) is 25.3 Å². The van der Waals surface area contributed by atoms with Crippen molar-refractivity contribution in [1.29, 1.82) is 0 Å². The van der Waals surface area contributed by atoms with Crippen molar-refractivity contribution in [3.63, 3.8) is 0 Å². The lowest BCUT2D eigenvalue weighted by atomic mass is 10.2. The van der Waals surface area contributed by atoms with Gasteiger partial charge in [0.05, 0.1) is 6.61 Å². The van der Waals surface area contributed by atoms with Gasteiger partial charge in [0, 0.05) is 24.7 Å². The van der Waals surface area contributed by atoms with E-state index in [1.807, 2.05) is 0 Å². The third-order valence-electron chi connectivity index (χ3n) is 2.38. The normalized spacial score (nSPS) is 10.1. The summed E-state index contributed by atoms with van der Waals surface area (Å²) in [5.41, 5.74) is 0.672. The first-order valence-electron chi connectivity index (χ1n) is 6.01. The third-order valence-corrected chi connectivity index (χ3v) is 2.38. The van der Waals surface area contributed by atoms with Crippen molar-refractivity contribution in [1.82, 2.24) is 0 Å². The molecule has 0 heterocycles. The number of anilines is 1. The Bertz CT molecular complexity index is 396. The second-order valence-electron chi connectivity index (χ2n) is 3.86. The van der Waals surface area contributed by atoms with Gasteiger partial charge in [-0.05, 0) is 31.9 Å². The van der Waals surface area contributed by atoms with Gasteiger partial charge in [0.1, 0.15) is 0 Å². The molecule has 0 saturated carbocycles. The summed E-state index contributed by atoms with van der Waals surface area (Å²) in [5.74, 6) is -0.941. The van der Waals surface area contributed by atoms with Gasteiger partial charge in [-0.1, -0.05) is 0 Å². The number of ether oxygens (including phenoxy) is 1. The van der Waals surface area contributed by atoms with Crippen molar-refractivity contribution < 1.29 is 19.0 Å². The maximum atomic E-state index is 13.5. The van der Waals surface area contributed by atoms with Crippen LogP contribution in [-0.4, -0.2) is 24.2 Å². The van der Waals surface area contributed by atoms with E-state index < -0.39 is 11.8 Å². The fourth-order valence-corrected chi connectivity index (χ4v) is 1.52. The number of nitrogens with one attached hydrogen (secondary N) is 1. The Labute approximate surface area is 106 Å². The highest BCUT2D eigenvalue weighted by atomic mass is 19.1. The van der Waals surface area contributed by atoms with Gasteiger partial charge in [0.2, 0.25) is 0 Å². The molecule has 0 radical (unpaired) electrons. The lowest BCUT2D eigenvalue weighted by molar-refractivity contribution is -0.137. The Balaban J connectivity index is 2.34. The molecule has 0 saturated heterocycles. The van der Waals surface area contributed by atoms with Gasteiger partial charge >= 0.3 is 5.97 Å². The summed E-state index contributed by atoms with van der Waals surface area (Å²) >= 11 is 0. The molecule has 0 amide bonds. The number of hydrogen-bond donors (Lipinski definition) is 2. The van der Waals surface area contributed by atoms with Crippen LogP contribution < -0.4 is 10.1 Å². The second-order valence-corrected chi connectivity index (χ2v) is 3.86. The molecule has 0 aliphatic rings. The SMILES string of the molecule is CCOc1ccc(NCCCCC(=O)O)cc1F. The van der Waals surface area contributed by atoms with Crippen molar-refractivity contribution in [3.8, 4) is 5.75 Å². The smallest absolute Gasteiger partial charge is 0.303 e. The molecule has 100 valence electrons. The fourth-order valence-electron chi connectivity index (χ4n) is 1.52. The summed E-state index contributed by atoms with van der Waals surface area (Å²) in [6, 6.07) is 4.70. The molecule has 5 heteroatoms. The number of unbranched alkanes of at least 4 members (excludes halogenated alkanes) is 1. The van der Waals surface area contributed by atoms with Gasteiger partial charge in [0.25, 0.3) is 0 Å². The van der Waals surface area contributed by atoms with Crippen LogP contribution >= 0.6 is 0 Å². The molecule has 0 aromatic heterocycles. The quantitative estimate of drug-likeness (QED) is 0.701. The average Bonchev–Trinajstić information content (AvgIpc) is 2.32. The summed E-state index contributed by atoms with van der Waals surface area (Å²) in [6.07, 6.45) is 1.52. The first-order chi connectivity index (χ1) is 8.63. The minimum Gasteiger partial charge on any atom is -0.491 e. The van der Waals surface area contributed by atoms with Crippen LogP contribution in [0, 0.1) is 5.82 Å². The summed E-state index contributed by atoms with van der Waals surface area (Å²) < 4.78 is 18.6. The molecule has 0 bridgehead atoms. The number of carbonyl (C=O) groups is 1. The van der Waals surface area contributed by atoms with E-state index in [1.165, 1.54) is 6.07 Å². The van der Waals surface area contributed by atoms with Gasteiger partial charge in [-0.25, -0.2) is 4.39 Å². The first kappa shape index (κ1) is 14.3. The standard InChI is InChI=1S/C13H18FNO3/c1-2-18-12-7-6-10(9-11(12)14)15-8-4-3-5-13(16)17/h6-7,9,15H,2-5,8H2,1H3,(H,16,17). The van der Waals surface area contributed by atoms with Crippen LogP contribution in [-0.2, 0) is 4.79 Å². The number of carboxylic acids is 1. The molecule has 4 nitrogen and oxygen atoms in total. The van der Waals surface area contributed by atoms with E-state index in [4.69, 9.17) is 9.84 Å². The predicted molar refractivity (Wildman–Crippen MR) is 67.5 cm³/mol. The molecule has 2 N–H and O–H groups in total. The van der Waals surface area contributed by atoms with Crippen molar-refractivity contribution in [3.05, 3.63) is 24.0 Å². The Kier molecular flexibility index (Phi) is 5.97. The fraction of sp³-hybridized carbons (Fsp3) is 0.462. The zero-order chi connectivity index (χ0) is 13.4. The van der Waals surface area contributed by atoms with Crippen LogP contribution in [0.15, 0.2) is 18.2 Å². The van der Waals surface area contributed by atoms with E-state index in [-0.39, 0.29) is 12.2 Å². The van der Waals surface area contributed by atoms with Gasteiger partial charge in [-0.15, -0.1) is 0 Å². The van der Waals surface area contributed by atoms with Crippen molar-refractivity contribution in [2.24, 2.45) is 0 Å². The van der Waals surface area contributed by atoms with E-state index in [2.05, 4.69) is 5.32 Å². The Hall–Kier alpha value is -1.78. The van der Waals surface area contributed by atoms with Crippen LogP contribution in [0.1, 0.15) is 26.2 Å². The Morgan fingerprint density at radius 2 is 2.22 bits per heavy atom. The van der Waals surface area contributed by atoms with Crippen LogP contribution in [0.2, 0.25) is 0 Å². The zero-order valence-corrected chi connectivity index (χ0v) is 10.4. The largest absolute Gasteiger partial charge is 0.491 e. The molecular formula is C13H18FNO3. The molecule has 0 fully saturated rings. The minimum absolute atomic E-state index is 0.166. The van der Waals surface area contributed by atoms with Crippen LogP contribution in [0.25, 0.3) is 0 Å². The molecule has 0 aliphatic carbocycles. The van der Waals surface area contributed by atoms with Crippen molar-refractivity contribution in [2.75, 3.05) is 18.5 Å². The van der Waals surface area contributed by atoms with Crippen molar-refractivity contribution in [2.45, 2.75) is 26.2 Å². The number of hydrogen-bond acceptors (Lipinski definition) is 3. The highest BCUT2D eigenvalue weighted by Crippen LogP contribution is 2.21. The van der Waals surface area contributed by atoms with E-state index in [0.717, 1.165) is 6.42 Å². The van der Waals surface area contributed by atoms with E-state index in [9.17, 15) is 9.18 Å². The Morgan fingerprint density at radius 3 is 2.83 bits per heavy atom. The second kappa shape index (κ2) is 7.53. The maximum absolute atomic E-state index is 13.5. The van der Waals surface area contributed by atoms with Gasteiger partial charge in [0.15, 0.2) is 11.6 Å². The number of aliphatic carboxylic acids is 1. The van der Waals surface area contributed by atoms with Gasteiger partial charge in [-0.3, -0.25) is 4.79 Å². The highest BCUT2D eigenvalue weighted by molar-refractivity contribution is 5.66. The molecule has 0 unspecified atom stereocenters. The lowest BCUT2D eigenvalue weighted by Gasteiger charge is -2.08. The third kappa shape index (κ3) is 5.03. The highest BCUT2D eigenvalue weighted by Gasteiger charge is 2.03. The number of rotatable bonds is 8. The summed E-state index contributed by atoms with van der Waals surface area (Å²) in [4.78, 5) is 10.3. The molecule has 1 aromatic carbocycles. The van der Waals surface area contributed by atoms with Crippen LogP contribution in [0.3, 0.4) is 0 Å². The molecule has 18 heavy (non-hydrogen) atoms. The van der Waals surface area contributed by atoms with Crippen molar-refractivity contribution >= 4 is 11.7 Å². The molecule has 0 spiro atoms. The number of carboxylic acid groups (broad SMARTS) is 1. The monoisotopic (exact) mass is 255 g/mol. The number of benzene rings is 1. The van der Waals surface area contributed by atoms with E-state index in [1.54, 1.807) is 19.1 Å². The maximum Gasteiger partial charge on any atom is 0.303 e. The topological polar surface area (TPSA) is 58.6 Å². The molecule has 0 aliphatic heterocycles. The van der Waals surface area contributed by atoms with Gasteiger partial charge < -0.3 is 15.2 Å². The van der Waals surface area contributed by atoms with Crippen LogP contribution in [0.5, 0.6) is 5.75 Å². The molecule has 1 aromatic rings. The van der Waals surface area contributed by atoms with Gasteiger partial charge in [-0.2, -0.15) is 0 Å². The summed E-state index contributed by atoms with van der Waals surface area (Å²) in [5, 5.41) is 11.5. The predicted octanol–water partition coefficient (Wildman–Crippen LogP) is 2.89. The Morgan fingerprint density at radius 1 is 1.44 bits per heavy atom. The van der Waals surface area contributed by atoms with Crippen LogP contribution in [0.4, 0.5) is 10.1 Å². The first-order valence-corrected chi connectivity index (χ1v) is 6.01. The minimum atomic E-state index is -0.790. The average molecular weight is 255 g/mol. The summed E-state index contributed by atoms with van der Waals surface area (Å²) in [7, 11) is 0. The number of halogens is 1. The molecule has 0 atom stereocenters. The zero-order valence-electron chi connectivity index (χ0n) is 10.4.